The minimum atomic E-state index is -0.397. The van der Waals surface area contributed by atoms with Crippen LogP contribution in [0.25, 0.3) is 0 Å². The van der Waals surface area contributed by atoms with Crippen LogP contribution in [0.1, 0.15) is 24.7 Å². The van der Waals surface area contributed by atoms with E-state index >= 15 is 0 Å². The Morgan fingerprint density at radius 1 is 1.43 bits per heavy atom. The van der Waals surface area contributed by atoms with Gasteiger partial charge in [0.25, 0.3) is 0 Å². The fourth-order valence-electron chi connectivity index (χ4n) is 2.80. The number of hydrogen-bond acceptors (Lipinski definition) is 4. The molecule has 7 nitrogen and oxygen atoms in total. The molecule has 2 heterocycles. The van der Waals surface area contributed by atoms with Gasteiger partial charge in [-0.1, -0.05) is 25.1 Å². The number of carbonyl (C=O) groups excluding carboxylic acids is 2. The van der Waals surface area contributed by atoms with E-state index in [1.165, 1.54) is 0 Å². The second-order valence-electron chi connectivity index (χ2n) is 5.62. The van der Waals surface area contributed by atoms with Gasteiger partial charge < -0.3 is 4.90 Å². The zero-order chi connectivity index (χ0) is 16.4. The molecule has 0 spiro atoms. The predicted molar refractivity (Wildman–Crippen MR) is 86.0 cm³/mol. The number of aromatic amines is 1. The summed E-state index contributed by atoms with van der Waals surface area (Å²) >= 11 is 0. The molecule has 23 heavy (non-hydrogen) atoms. The Bertz CT molecular complexity index is 740. The summed E-state index contributed by atoms with van der Waals surface area (Å²) in [6, 6.07) is 7.80. The van der Waals surface area contributed by atoms with Gasteiger partial charge in [0.2, 0.25) is 17.8 Å². The fraction of sp³-hybridized carbons (Fsp3) is 0.375. The normalized spacial score (nSPS) is 17.6. The highest BCUT2D eigenvalue weighted by Crippen LogP contribution is 2.28. The summed E-state index contributed by atoms with van der Waals surface area (Å²) in [6.45, 7) is 4.19. The maximum Gasteiger partial charge on any atom is 0.248 e. The monoisotopic (exact) mass is 313 g/mol. The van der Waals surface area contributed by atoms with Gasteiger partial charge in [0.05, 0.1) is 5.92 Å². The molecule has 0 radical (unpaired) electrons. The van der Waals surface area contributed by atoms with Crippen molar-refractivity contribution in [1.29, 1.82) is 0 Å². The van der Waals surface area contributed by atoms with Gasteiger partial charge in [-0.15, -0.1) is 5.10 Å². The van der Waals surface area contributed by atoms with Crippen LogP contribution in [-0.2, 0) is 16.0 Å². The van der Waals surface area contributed by atoms with Crippen LogP contribution in [0.3, 0.4) is 0 Å². The number of benzene rings is 1. The first kappa shape index (κ1) is 15.2. The van der Waals surface area contributed by atoms with E-state index in [0.717, 1.165) is 17.7 Å². The minimum absolute atomic E-state index is 0.0304. The van der Waals surface area contributed by atoms with Crippen molar-refractivity contribution in [3.05, 3.63) is 35.7 Å². The third kappa shape index (κ3) is 3.08. The lowest BCUT2D eigenvalue weighted by atomic mass is 10.1. The molecule has 3 rings (SSSR count). The fourth-order valence-corrected chi connectivity index (χ4v) is 2.80. The molecule has 1 fully saturated rings. The van der Waals surface area contributed by atoms with Crippen molar-refractivity contribution in [3.8, 4) is 0 Å². The molecule has 1 aromatic carbocycles. The van der Waals surface area contributed by atoms with Crippen molar-refractivity contribution < 1.29 is 9.59 Å². The van der Waals surface area contributed by atoms with Crippen molar-refractivity contribution in [2.24, 2.45) is 5.92 Å². The number of aromatic nitrogens is 3. The number of nitrogens with zero attached hydrogens (tertiary/aromatic N) is 3. The lowest BCUT2D eigenvalue weighted by Gasteiger charge is -2.19. The molecule has 2 aromatic rings. The number of para-hydroxylation sites is 1. The maximum atomic E-state index is 12.3. The number of nitrogens with one attached hydrogen (secondary N) is 2. The first-order valence-electron chi connectivity index (χ1n) is 7.66. The van der Waals surface area contributed by atoms with E-state index < -0.39 is 5.92 Å². The minimum Gasteiger partial charge on any atom is -0.311 e. The van der Waals surface area contributed by atoms with Crippen LogP contribution in [0.4, 0.5) is 11.6 Å². The molecule has 1 aliphatic rings. The Balaban J connectivity index is 1.73. The van der Waals surface area contributed by atoms with Crippen molar-refractivity contribution in [2.45, 2.75) is 26.7 Å². The van der Waals surface area contributed by atoms with Crippen LogP contribution >= 0.6 is 0 Å². The summed E-state index contributed by atoms with van der Waals surface area (Å²) in [5.41, 5.74) is 2.00. The smallest absolute Gasteiger partial charge is 0.248 e. The van der Waals surface area contributed by atoms with E-state index in [1.54, 1.807) is 11.8 Å². The molecule has 0 bridgehead atoms. The number of amides is 2. The Morgan fingerprint density at radius 2 is 2.22 bits per heavy atom. The van der Waals surface area contributed by atoms with E-state index in [2.05, 4.69) is 27.4 Å². The molecule has 2 amide bonds. The molecule has 2 N–H and O–H groups in total. The number of rotatable bonds is 4. The van der Waals surface area contributed by atoms with E-state index in [9.17, 15) is 9.59 Å². The van der Waals surface area contributed by atoms with E-state index in [0.29, 0.717) is 12.4 Å². The van der Waals surface area contributed by atoms with Gasteiger partial charge in [0.15, 0.2) is 0 Å². The highest BCUT2D eigenvalue weighted by atomic mass is 16.2. The largest absolute Gasteiger partial charge is 0.311 e. The molecule has 0 aliphatic carbocycles. The van der Waals surface area contributed by atoms with Gasteiger partial charge >= 0.3 is 0 Å². The lowest BCUT2D eigenvalue weighted by molar-refractivity contribution is -0.122. The summed E-state index contributed by atoms with van der Waals surface area (Å²) in [6.07, 6.45) is 1.04. The highest BCUT2D eigenvalue weighted by molar-refractivity contribution is 6.03. The quantitative estimate of drug-likeness (QED) is 0.898. The van der Waals surface area contributed by atoms with Gasteiger partial charge in [-0.3, -0.25) is 20.0 Å². The van der Waals surface area contributed by atoms with Crippen LogP contribution in [0, 0.1) is 12.8 Å². The summed E-state index contributed by atoms with van der Waals surface area (Å²) in [4.78, 5) is 30.4. The molecule has 1 saturated heterocycles. The first-order valence-corrected chi connectivity index (χ1v) is 7.66. The van der Waals surface area contributed by atoms with Crippen LogP contribution in [0.5, 0.6) is 0 Å². The summed E-state index contributed by atoms with van der Waals surface area (Å²) in [5.74, 6) is 0.214. The van der Waals surface area contributed by atoms with Crippen LogP contribution < -0.4 is 10.2 Å². The van der Waals surface area contributed by atoms with Gasteiger partial charge in [0.1, 0.15) is 5.82 Å². The van der Waals surface area contributed by atoms with Crippen molar-refractivity contribution >= 4 is 23.5 Å². The number of H-pyrrole nitrogens is 1. The Kier molecular flexibility index (Phi) is 4.10. The summed E-state index contributed by atoms with van der Waals surface area (Å²) in [7, 11) is 0. The second kappa shape index (κ2) is 6.20. The average molecular weight is 313 g/mol. The van der Waals surface area contributed by atoms with E-state index in [1.807, 2.05) is 24.3 Å². The van der Waals surface area contributed by atoms with Gasteiger partial charge in [-0.05, 0) is 25.0 Å². The molecule has 120 valence electrons. The molecule has 1 atom stereocenters. The maximum absolute atomic E-state index is 12.3. The van der Waals surface area contributed by atoms with Crippen molar-refractivity contribution in [3.63, 3.8) is 0 Å². The highest BCUT2D eigenvalue weighted by Gasteiger charge is 2.36. The number of anilines is 2. The van der Waals surface area contributed by atoms with Crippen LogP contribution in [-0.4, -0.2) is 33.5 Å². The van der Waals surface area contributed by atoms with Crippen molar-refractivity contribution in [1.82, 2.24) is 15.2 Å². The van der Waals surface area contributed by atoms with E-state index in [4.69, 9.17) is 0 Å². The molecule has 0 saturated carbocycles. The van der Waals surface area contributed by atoms with E-state index in [-0.39, 0.29) is 24.2 Å². The lowest BCUT2D eigenvalue weighted by Crippen LogP contribution is -2.29. The predicted octanol–water partition coefficient (Wildman–Crippen LogP) is 1.67. The van der Waals surface area contributed by atoms with Gasteiger partial charge in [0, 0.05) is 18.7 Å². The number of hydrogen-bond donors (Lipinski definition) is 2. The van der Waals surface area contributed by atoms with Gasteiger partial charge in [-0.25, -0.2) is 0 Å². The van der Waals surface area contributed by atoms with Crippen LogP contribution in [0.15, 0.2) is 24.3 Å². The molecule has 7 heteroatoms. The molecule has 1 aromatic heterocycles. The standard InChI is InChI=1S/C16H19N5O2/c1-3-11-6-4-5-7-13(11)21-9-12(8-14(21)22)15(23)18-16-17-10(2)19-20-16/h4-7,12H,3,8-9H2,1-2H3,(H2,17,18,19,20,23). The average Bonchev–Trinajstić information content (AvgIpc) is 3.13. The topological polar surface area (TPSA) is 91.0 Å². The Hall–Kier alpha value is -2.70. The SMILES string of the molecule is CCc1ccccc1N1CC(C(=O)Nc2n[nH]c(C)n2)CC1=O. The molecule has 1 aliphatic heterocycles. The molecule has 1 unspecified atom stereocenters. The number of aryl methyl sites for hydroxylation is 2. The zero-order valence-corrected chi connectivity index (χ0v) is 13.2. The van der Waals surface area contributed by atoms with Gasteiger partial charge in [-0.2, -0.15) is 4.98 Å². The summed E-state index contributed by atoms with van der Waals surface area (Å²) < 4.78 is 0. The number of carbonyl (C=O) groups is 2. The zero-order valence-electron chi connectivity index (χ0n) is 13.2. The third-order valence-electron chi connectivity index (χ3n) is 3.99. The Labute approximate surface area is 134 Å². The second-order valence-corrected chi connectivity index (χ2v) is 5.62. The Morgan fingerprint density at radius 3 is 2.91 bits per heavy atom. The molecular formula is C16H19N5O2. The van der Waals surface area contributed by atoms with Crippen LogP contribution in [0.2, 0.25) is 0 Å². The first-order chi connectivity index (χ1) is 11.1. The van der Waals surface area contributed by atoms with Crippen molar-refractivity contribution in [2.75, 3.05) is 16.8 Å². The third-order valence-corrected chi connectivity index (χ3v) is 3.99. The summed E-state index contributed by atoms with van der Waals surface area (Å²) in [5, 5.41) is 9.21. The molecular weight excluding hydrogens is 294 g/mol.